The molecule has 0 radical (unpaired) electrons. The Balaban J connectivity index is 1.97. The maximum Gasteiger partial charge on any atom is 0.0339 e. The molecule has 2 atom stereocenters. The molecule has 0 bridgehead atoms. The second-order valence-corrected chi connectivity index (χ2v) is 6.46. The smallest absolute Gasteiger partial charge is 0.0339 e. The second-order valence-electron chi connectivity index (χ2n) is 4.60. The van der Waals surface area contributed by atoms with Crippen molar-refractivity contribution < 1.29 is 0 Å². The molecule has 0 amide bonds. The summed E-state index contributed by atoms with van der Waals surface area (Å²) in [6.07, 6.45) is 3.95. The van der Waals surface area contributed by atoms with Gasteiger partial charge in [-0.1, -0.05) is 6.42 Å². The third-order valence-corrected chi connectivity index (χ3v) is 5.48. The monoisotopic (exact) mass is 302 g/mol. The summed E-state index contributed by atoms with van der Waals surface area (Å²) in [7, 11) is 2.23. The van der Waals surface area contributed by atoms with E-state index >= 15 is 0 Å². The summed E-state index contributed by atoms with van der Waals surface area (Å²) < 4.78 is 1.24. The van der Waals surface area contributed by atoms with Gasteiger partial charge < -0.3 is 5.73 Å². The molecule has 4 heteroatoms. The van der Waals surface area contributed by atoms with Crippen molar-refractivity contribution >= 4 is 27.3 Å². The first kappa shape index (κ1) is 12.6. The van der Waals surface area contributed by atoms with Crippen molar-refractivity contribution in [1.82, 2.24) is 4.90 Å². The van der Waals surface area contributed by atoms with Gasteiger partial charge in [0.15, 0.2) is 0 Å². The van der Waals surface area contributed by atoms with E-state index in [1.54, 1.807) is 0 Å². The van der Waals surface area contributed by atoms with Crippen LogP contribution in [0.25, 0.3) is 0 Å². The van der Waals surface area contributed by atoms with E-state index in [4.69, 9.17) is 5.73 Å². The van der Waals surface area contributed by atoms with Gasteiger partial charge in [-0.25, -0.2) is 0 Å². The topological polar surface area (TPSA) is 29.3 Å². The van der Waals surface area contributed by atoms with Gasteiger partial charge in [-0.15, -0.1) is 11.3 Å². The summed E-state index contributed by atoms with van der Waals surface area (Å²) in [6.45, 7) is 1.88. The molecule has 2 N–H and O–H groups in total. The average molecular weight is 303 g/mol. The molecule has 0 spiro atoms. The zero-order valence-electron chi connectivity index (χ0n) is 9.66. The molecule has 0 aliphatic heterocycles. The Morgan fingerprint density at radius 2 is 2.38 bits per heavy atom. The number of nitrogens with two attached hydrogens (primary N) is 1. The zero-order valence-corrected chi connectivity index (χ0v) is 12.1. The number of nitrogens with zero attached hydrogens (tertiary/aromatic N) is 1. The quantitative estimate of drug-likeness (QED) is 0.926. The lowest BCUT2D eigenvalue weighted by atomic mass is 10.0. The van der Waals surface area contributed by atoms with Gasteiger partial charge in [0.25, 0.3) is 0 Å². The highest BCUT2D eigenvalue weighted by atomic mass is 79.9. The predicted molar refractivity (Wildman–Crippen MR) is 73.7 cm³/mol. The van der Waals surface area contributed by atoms with Crippen LogP contribution in [0.3, 0.4) is 0 Å². The lowest BCUT2D eigenvalue weighted by Gasteiger charge is -2.28. The maximum absolute atomic E-state index is 5.83. The highest BCUT2D eigenvalue weighted by molar-refractivity contribution is 9.10. The molecule has 1 aliphatic carbocycles. The molecule has 1 aromatic rings. The maximum atomic E-state index is 5.83. The van der Waals surface area contributed by atoms with Crippen LogP contribution in [0.4, 0.5) is 0 Å². The van der Waals surface area contributed by atoms with E-state index in [9.17, 15) is 0 Å². The van der Waals surface area contributed by atoms with Crippen LogP contribution in [0.1, 0.15) is 24.1 Å². The molecule has 2 unspecified atom stereocenters. The van der Waals surface area contributed by atoms with E-state index < -0.39 is 0 Å². The third-order valence-electron chi connectivity index (χ3n) is 3.57. The molecule has 1 aliphatic rings. The van der Waals surface area contributed by atoms with Gasteiger partial charge in [-0.2, -0.15) is 0 Å². The fourth-order valence-corrected chi connectivity index (χ4v) is 4.19. The van der Waals surface area contributed by atoms with E-state index in [0.29, 0.717) is 12.0 Å². The summed E-state index contributed by atoms with van der Waals surface area (Å²) in [4.78, 5) is 3.89. The van der Waals surface area contributed by atoms with E-state index in [2.05, 4.69) is 39.3 Å². The highest BCUT2D eigenvalue weighted by Gasteiger charge is 2.29. The normalized spacial score (nSPS) is 25.5. The highest BCUT2D eigenvalue weighted by Crippen LogP contribution is 2.31. The molecule has 90 valence electrons. The van der Waals surface area contributed by atoms with Crippen LogP contribution in [0.2, 0.25) is 0 Å². The molecule has 2 nitrogen and oxygen atoms in total. The predicted octanol–water partition coefficient (Wildman–Crippen LogP) is 3.07. The fourth-order valence-electron chi connectivity index (χ4n) is 2.65. The fraction of sp³-hybridized carbons (Fsp3) is 0.667. The van der Waals surface area contributed by atoms with Crippen molar-refractivity contribution in [3.05, 3.63) is 20.8 Å². The van der Waals surface area contributed by atoms with Crippen molar-refractivity contribution in [2.45, 2.75) is 31.8 Å². The Morgan fingerprint density at radius 1 is 1.56 bits per heavy atom. The lowest BCUT2D eigenvalue weighted by molar-refractivity contribution is 0.194. The molecule has 16 heavy (non-hydrogen) atoms. The van der Waals surface area contributed by atoms with E-state index in [0.717, 1.165) is 13.1 Å². The SMILES string of the molecule is CN(Cc1sccc1Br)C1CCCC1CN. The van der Waals surface area contributed by atoms with Gasteiger partial charge in [0.05, 0.1) is 0 Å². The second kappa shape index (κ2) is 5.63. The number of hydrogen-bond donors (Lipinski definition) is 1. The summed E-state index contributed by atoms with van der Waals surface area (Å²) in [5.74, 6) is 0.698. The molecule has 0 aromatic carbocycles. The minimum absolute atomic E-state index is 0.680. The van der Waals surface area contributed by atoms with Crippen LogP contribution in [0.5, 0.6) is 0 Å². The van der Waals surface area contributed by atoms with Crippen molar-refractivity contribution in [1.29, 1.82) is 0 Å². The zero-order chi connectivity index (χ0) is 11.5. The van der Waals surface area contributed by atoms with Crippen LogP contribution in [-0.4, -0.2) is 24.5 Å². The Bertz CT molecular complexity index is 340. The van der Waals surface area contributed by atoms with Crippen LogP contribution in [0.15, 0.2) is 15.9 Å². The molecule has 1 heterocycles. The average Bonchev–Trinajstić information content (AvgIpc) is 2.87. The Kier molecular flexibility index (Phi) is 4.41. The summed E-state index contributed by atoms with van der Waals surface area (Å²) in [6, 6.07) is 2.81. The molecule has 1 fully saturated rings. The first-order valence-corrected chi connectivity index (χ1v) is 7.51. The molecule has 0 saturated heterocycles. The van der Waals surface area contributed by atoms with Crippen molar-refractivity contribution in [3.8, 4) is 0 Å². The molecular formula is C12H19BrN2S. The minimum Gasteiger partial charge on any atom is -0.330 e. The number of rotatable bonds is 4. The minimum atomic E-state index is 0.680. The van der Waals surface area contributed by atoms with E-state index in [1.807, 2.05) is 11.3 Å². The summed E-state index contributed by atoms with van der Waals surface area (Å²) in [5.41, 5.74) is 5.83. The Morgan fingerprint density at radius 3 is 3.00 bits per heavy atom. The van der Waals surface area contributed by atoms with E-state index in [-0.39, 0.29) is 0 Å². The van der Waals surface area contributed by atoms with E-state index in [1.165, 1.54) is 28.6 Å². The first-order valence-electron chi connectivity index (χ1n) is 5.84. The molecule has 1 aromatic heterocycles. The van der Waals surface area contributed by atoms with Crippen molar-refractivity contribution in [3.63, 3.8) is 0 Å². The van der Waals surface area contributed by atoms with Crippen LogP contribution < -0.4 is 5.73 Å². The first-order chi connectivity index (χ1) is 7.72. The molecule has 2 rings (SSSR count). The van der Waals surface area contributed by atoms with Gasteiger partial charge in [0, 0.05) is 21.9 Å². The lowest BCUT2D eigenvalue weighted by Crippen LogP contribution is -2.37. The van der Waals surface area contributed by atoms with Gasteiger partial charge in [-0.3, -0.25) is 4.90 Å². The summed E-state index contributed by atoms with van der Waals surface area (Å²) in [5, 5.41) is 2.14. The number of halogens is 1. The number of hydrogen-bond acceptors (Lipinski definition) is 3. The largest absolute Gasteiger partial charge is 0.330 e. The summed E-state index contributed by atoms with van der Waals surface area (Å²) >= 11 is 5.42. The van der Waals surface area contributed by atoms with Crippen molar-refractivity contribution in [2.24, 2.45) is 11.7 Å². The molecular weight excluding hydrogens is 284 g/mol. The van der Waals surface area contributed by atoms with Crippen LogP contribution in [-0.2, 0) is 6.54 Å². The van der Waals surface area contributed by atoms with Crippen LogP contribution >= 0.6 is 27.3 Å². The van der Waals surface area contributed by atoms with Gasteiger partial charge in [0.1, 0.15) is 0 Å². The Hall–Kier alpha value is 0.1000. The van der Waals surface area contributed by atoms with Gasteiger partial charge in [0.2, 0.25) is 0 Å². The van der Waals surface area contributed by atoms with Gasteiger partial charge in [-0.05, 0) is 59.7 Å². The van der Waals surface area contributed by atoms with Crippen LogP contribution in [0, 0.1) is 5.92 Å². The third kappa shape index (κ3) is 2.67. The Labute approximate surface area is 110 Å². The van der Waals surface area contributed by atoms with Crippen molar-refractivity contribution in [2.75, 3.05) is 13.6 Å². The van der Waals surface area contributed by atoms with Gasteiger partial charge >= 0.3 is 0 Å². The molecule has 1 saturated carbocycles. The standard InChI is InChI=1S/C12H19BrN2S/c1-15(8-12-10(13)5-6-16-12)11-4-2-3-9(11)7-14/h5-6,9,11H,2-4,7-8,14H2,1H3. The number of thiophene rings is 1.